The average molecular weight is 363 g/mol. The number of fused-ring (bicyclic) bond motifs is 1. The second-order valence-corrected chi connectivity index (χ2v) is 7.07. The van der Waals surface area contributed by atoms with E-state index in [0.29, 0.717) is 5.56 Å². The standard InChI is InChI=1S/C21H25N5O/c1-4-24-10-12-25(13-11-24)21(27)18-14-15(2)22-20-19(18)16(3)23-26(20)17-8-6-5-7-9-17/h5-9,14H,4,10-13H2,1-3H3. The quantitative estimate of drug-likeness (QED) is 0.718. The number of aryl methyl sites for hydroxylation is 2. The Hall–Kier alpha value is -2.73. The Morgan fingerprint density at radius 1 is 1.07 bits per heavy atom. The second-order valence-electron chi connectivity index (χ2n) is 7.07. The third-order valence-corrected chi connectivity index (χ3v) is 5.28. The van der Waals surface area contributed by atoms with Gasteiger partial charge in [0.15, 0.2) is 5.65 Å². The van der Waals surface area contributed by atoms with Gasteiger partial charge in [-0.25, -0.2) is 9.67 Å². The van der Waals surface area contributed by atoms with E-state index in [2.05, 4.69) is 16.9 Å². The van der Waals surface area contributed by atoms with Crippen molar-refractivity contribution in [1.29, 1.82) is 0 Å². The highest BCUT2D eigenvalue weighted by molar-refractivity contribution is 6.06. The molecular weight excluding hydrogens is 338 g/mol. The Kier molecular flexibility index (Phi) is 4.66. The average Bonchev–Trinajstić information content (AvgIpc) is 3.04. The SMILES string of the molecule is CCN1CCN(C(=O)c2cc(C)nc3c2c(C)nn3-c2ccccc2)CC1. The minimum atomic E-state index is 0.0805. The maximum absolute atomic E-state index is 13.3. The van der Waals surface area contributed by atoms with Crippen molar-refractivity contribution in [1.82, 2.24) is 24.6 Å². The molecule has 0 bridgehead atoms. The second kappa shape index (κ2) is 7.12. The van der Waals surface area contributed by atoms with Crippen molar-refractivity contribution in [2.45, 2.75) is 20.8 Å². The number of amides is 1. The largest absolute Gasteiger partial charge is 0.336 e. The number of aromatic nitrogens is 3. The van der Waals surface area contributed by atoms with E-state index in [9.17, 15) is 4.79 Å². The molecule has 1 saturated heterocycles. The molecule has 0 aliphatic carbocycles. The van der Waals surface area contributed by atoms with Gasteiger partial charge in [0.1, 0.15) is 0 Å². The Labute approximate surface area is 159 Å². The van der Waals surface area contributed by atoms with E-state index in [1.54, 1.807) is 0 Å². The molecule has 140 valence electrons. The van der Waals surface area contributed by atoms with Crippen LogP contribution in [-0.2, 0) is 0 Å². The molecule has 2 aromatic heterocycles. The number of para-hydroxylation sites is 1. The Balaban J connectivity index is 1.78. The summed E-state index contributed by atoms with van der Waals surface area (Å²) in [6.07, 6.45) is 0. The highest BCUT2D eigenvalue weighted by Gasteiger charge is 2.25. The van der Waals surface area contributed by atoms with Gasteiger partial charge < -0.3 is 9.80 Å². The van der Waals surface area contributed by atoms with Gasteiger partial charge in [0, 0.05) is 31.9 Å². The van der Waals surface area contributed by atoms with Gasteiger partial charge in [0.05, 0.1) is 22.3 Å². The molecule has 6 heteroatoms. The van der Waals surface area contributed by atoms with Crippen LogP contribution in [0.4, 0.5) is 0 Å². The highest BCUT2D eigenvalue weighted by Crippen LogP contribution is 2.26. The van der Waals surface area contributed by atoms with Crippen molar-refractivity contribution in [3.63, 3.8) is 0 Å². The van der Waals surface area contributed by atoms with Crippen LogP contribution in [0.3, 0.4) is 0 Å². The minimum Gasteiger partial charge on any atom is -0.336 e. The molecule has 0 N–H and O–H groups in total. The zero-order valence-corrected chi connectivity index (χ0v) is 16.1. The molecule has 6 nitrogen and oxygen atoms in total. The first-order valence-corrected chi connectivity index (χ1v) is 9.52. The van der Waals surface area contributed by atoms with E-state index in [1.807, 2.05) is 59.8 Å². The summed E-state index contributed by atoms with van der Waals surface area (Å²) in [6.45, 7) is 10.5. The number of pyridine rings is 1. The molecule has 3 aromatic rings. The van der Waals surface area contributed by atoms with Crippen molar-refractivity contribution in [3.8, 4) is 5.69 Å². The molecule has 0 saturated carbocycles. The summed E-state index contributed by atoms with van der Waals surface area (Å²) in [7, 11) is 0. The first kappa shape index (κ1) is 17.7. The molecule has 27 heavy (non-hydrogen) atoms. The lowest BCUT2D eigenvalue weighted by Crippen LogP contribution is -2.48. The number of carbonyl (C=O) groups is 1. The van der Waals surface area contributed by atoms with Gasteiger partial charge in [-0.05, 0) is 38.6 Å². The molecule has 1 aliphatic heterocycles. The van der Waals surface area contributed by atoms with Crippen LogP contribution in [0, 0.1) is 13.8 Å². The van der Waals surface area contributed by atoms with Crippen LogP contribution >= 0.6 is 0 Å². The predicted molar refractivity (Wildman–Crippen MR) is 106 cm³/mol. The van der Waals surface area contributed by atoms with Crippen molar-refractivity contribution < 1.29 is 4.79 Å². The Bertz CT molecular complexity index is 971. The smallest absolute Gasteiger partial charge is 0.254 e. The van der Waals surface area contributed by atoms with Crippen LogP contribution in [0.5, 0.6) is 0 Å². The molecule has 0 radical (unpaired) electrons. The maximum Gasteiger partial charge on any atom is 0.254 e. The van der Waals surface area contributed by atoms with Crippen LogP contribution in [0.2, 0.25) is 0 Å². The summed E-state index contributed by atoms with van der Waals surface area (Å²) in [5.41, 5.74) is 4.06. The summed E-state index contributed by atoms with van der Waals surface area (Å²) in [5, 5.41) is 5.54. The fourth-order valence-electron chi connectivity index (χ4n) is 3.77. The van der Waals surface area contributed by atoms with E-state index < -0.39 is 0 Å². The summed E-state index contributed by atoms with van der Waals surface area (Å²) in [4.78, 5) is 22.3. The van der Waals surface area contributed by atoms with Gasteiger partial charge in [0.2, 0.25) is 0 Å². The molecule has 0 atom stereocenters. The normalized spacial score (nSPS) is 15.4. The van der Waals surface area contributed by atoms with Gasteiger partial charge in [0.25, 0.3) is 5.91 Å². The molecule has 0 spiro atoms. The summed E-state index contributed by atoms with van der Waals surface area (Å²) >= 11 is 0. The highest BCUT2D eigenvalue weighted by atomic mass is 16.2. The van der Waals surface area contributed by atoms with Crippen LogP contribution in [0.15, 0.2) is 36.4 Å². The van der Waals surface area contributed by atoms with Crippen LogP contribution < -0.4 is 0 Å². The molecule has 1 amide bonds. The van der Waals surface area contributed by atoms with Crippen molar-refractivity contribution in [2.24, 2.45) is 0 Å². The van der Waals surface area contributed by atoms with Crippen molar-refractivity contribution in [2.75, 3.05) is 32.7 Å². The molecule has 1 aliphatic rings. The Morgan fingerprint density at radius 3 is 2.44 bits per heavy atom. The molecule has 4 rings (SSSR count). The number of rotatable bonds is 3. The first-order valence-electron chi connectivity index (χ1n) is 9.52. The van der Waals surface area contributed by atoms with Crippen LogP contribution in [0.25, 0.3) is 16.7 Å². The molecule has 3 heterocycles. The third kappa shape index (κ3) is 3.21. The lowest BCUT2D eigenvalue weighted by Gasteiger charge is -2.34. The number of nitrogens with zero attached hydrogens (tertiary/aromatic N) is 5. The van der Waals surface area contributed by atoms with Gasteiger partial charge in [-0.2, -0.15) is 5.10 Å². The molecular formula is C21H25N5O. The van der Waals surface area contributed by atoms with Crippen molar-refractivity contribution in [3.05, 3.63) is 53.3 Å². The number of likely N-dealkylation sites (N-methyl/N-ethyl adjacent to an activating group) is 1. The van der Waals surface area contributed by atoms with Crippen molar-refractivity contribution >= 4 is 16.9 Å². The summed E-state index contributed by atoms with van der Waals surface area (Å²) < 4.78 is 1.84. The van der Waals surface area contributed by atoms with E-state index in [0.717, 1.165) is 60.8 Å². The van der Waals surface area contributed by atoms with Gasteiger partial charge >= 0.3 is 0 Å². The number of hydrogen-bond donors (Lipinski definition) is 0. The van der Waals surface area contributed by atoms with Gasteiger partial charge in [-0.3, -0.25) is 4.79 Å². The fourth-order valence-corrected chi connectivity index (χ4v) is 3.77. The zero-order valence-electron chi connectivity index (χ0n) is 16.1. The number of hydrogen-bond acceptors (Lipinski definition) is 4. The van der Waals surface area contributed by atoms with Crippen LogP contribution in [0.1, 0.15) is 28.7 Å². The summed E-state index contributed by atoms with van der Waals surface area (Å²) in [6, 6.07) is 11.8. The predicted octanol–water partition coefficient (Wildman–Crippen LogP) is 2.82. The molecule has 1 aromatic carbocycles. The molecule has 0 unspecified atom stereocenters. The van der Waals surface area contributed by atoms with E-state index >= 15 is 0 Å². The monoisotopic (exact) mass is 363 g/mol. The van der Waals surface area contributed by atoms with E-state index in [4.69, 9.17) is 4.98 Å². The third-order valence-electron chi connectivity index (χ3n) is 5.28. The van der Waals surface area contributed by atoms with Gasteiger partial charge in [-0.1, -0.05) is 25.1 Å². The Morgan fingerprint density at radius 2 is 1.78 bits per heavy atom. The topological polar surface area (TPSA) is 54.3 Å². The molecule has 1 fully saturated rings. The first-order chi connectivity index (χ1) is 13.1. The fraction of sp³-hybridized carbons (Fsp3) is 0.381. The minimum absolute atomic E-state index is 0.0805. The van der Waals surface area contributed by atoms with Crippen LogP contribution in [-0.4, -0.2) is 63.2 Å². The summed E-state index contributed by atoms with van der Waals surface area (Å²) in [5.74, 6) is 0.0805. The lowest BCUT2D eigenvalue weighted by atomic mass is 10.1. The number of benzene rings is 1. The van der Waals surface area contributed by atoms with E-state index in [1.165, 1.54) is 0 Å². The maximum atomic E-state index is 13.3. The number of piperazine rings is 1. The zero-order chi connectivity index (χ0) is 19.0. The number of carbonyl (C=O) groups excluding carboxylic acids is 1. The van der Waals surface area contributed by atoms with Gasteiger partial charge in [-0.15, -0.1) is 0 Å². The van der Waals surface area contributed by atoms with E-state index in [-0.39, 0.29) is 5.91 Å². The lowest BCUT2D eigenvalue weighted by molar-refractivity contribution is 0.0645.